The van der Waals surface area contributed by atoms with Crippen molar-refractivity contribution < 1.29 is 9.47 Å². The molecule has 0 saturated heterocycles. The highest BCUT2D eigenvalue weighted by Crippen LogP contribution is 2.37. The molecule has 2 aromatic rings. The fourth-order valence-electron chi connectivity index (χ4n) is 3.46. The third kappa shape index (κ3) is 3.13. The smallest absolute Gasteiger partial charge is 0.122 e. The molecule has 0 radical (unpaired) electrons. The van der Waals surface area contributed by atoms with Crippen molar-refractivity contribution in [3.05, 3.63) is 58.7 Å². The molecule has 0 bridgehead atoms. The van der Waals surface area contributed by atoms with Gasteiger partial charge in [0.05, 0.1) is 20.3 Å². The van der Waals surface area contributed by atoms with Crippen LogP contribution >= 0.6 is 0 Å². The highest BCUT2D eigenvalue weighted by Gasteiger charge is 2.25. The maximum absolute atomic E-state index is 5.58. The standard InChI is InChI=1S/C21H27NO2/c1-21(2,3)18-13-15(6-9-19(18)24-5)20-17-8-7-16(23-4)12-14(17)10-11-22-20/h6-9,12-13,20,22H,10-11H2,1-5H3. The Morgan fingerprint density at radius 2 is 1.79 bits per heavy atom. The third-order valence-electron chi connectivity index (χ3n) is 4.77. The Balaban J connectivity index is 2.05. The van der Waals surface area contributed by atoms with Gasteiger partial charge in [-0.05, 0) is 58.4 Å². The van der Waals surface area contributed by atoms with Gasteiger partial charge in [0.25, 0.3) is 0 Å². The second kappa shape index (κ2) is 6.48. The molecule has 1 aliphatic rings. The molecule has 1 heterocycles. The van der Waals surface area contributed by atoms with E-state index in [0.29, 0.717) is 0 Å². The molecule has 128 valence electrons. The van der Waals surface area contributed by atoms with Gasteiger partial charge in [0.1, 0.15) is 11.5 Å². The molecule has 1 aliphatic heterocycles. The summed E-state index contributed by atoms with van der Waals surface area (Å²) in [5.74, 6) is 1.89. The molecule has 0 aliphatic carbocycles. The first-order valence-corrected chi connectivity index (χ1v) is 8.52. The Bertz CT molecular complexity index is 731. The monoisotopic (exact) mass is 325 g/mol. The second-order valence-electron chi connectivity index (χ2n) is 7.41. The molecule has 0 spiro atoms. The number of fused-ring (bicyclic) bond motifs is 1. The predicted molar refractivity (Wildman–Crippen MR) is 98.2 cm³/mol. The van der Waals surface area contributed by atoms with Crippen LogP contribution in [0.5, 0.6) is 11.5 Å². The van der Waals surface area contributed by atoms with E-state index in [0.717, 1.165) is 24.5 Å². The first-order chi connectivity index (χ1) is 11.4. The van der Waals surface area contributed by atoms with Crippen molar-refractivity contribution in [2.45, 2.75) is 38.6 Å². The number of benzene rings is 2. The first kappa shape index (κ1) is 16.8. The maximum atomic E-state index is 5.58. The topological polar surface area (TPSA) is 30.5 Å². The van der Waals surface area contributed by atoms with E-state index in [4.69, 9.17) is 9.47 Å². The van der Waals surface area contributed by atoms with Gasteiger partial charge >= 0.3 is 0 Å². The lowest BCUT2D eigenvalue weighted by Crippen LogP contribution is -2.30. The van der Waals surface area contributed by atoms with E-state index in [2.05, 4.69) is 56.4 Å². The van der Waals surface area contributed by atoms with Gasteiger partial charge < -0.3 is 14.8 Å². The molecular formula is C21H27NO2. The Morgan fingerprint density at radius 1 is 1.00 bits per heavy atom. The SMILES string of the molecule is COc1ccc2c(c1)CCNC2c1ccc(OC)c(C(C)(C)C)c1. The van der Waals surface area contributed by atoms with Crippen LogP contribution in [0.25, 0.3) is 0 Å². The zero-order valence-corrected chi connectivity index (χ0v) is 15.3. The molecule has 2 aromatic carbocycles. The van der Waals surface area contributed by atoms with Crippen molar-refractivity contribution >= 4 is 0 Å². The molecule has 3 heteroatoms. The molecule has 0 amide bonds. The average Bonchev–Trinajstić information content (AvgIpc) is 2.59. The number of nitrogens with one attached hydrogen (secondary N) is 1. The van der Waals surface area contributed by atoms with E-state index in [9.17, 15) is 0 Å². The molecule has 3 nitrogen and oxygen atoms in total. The zero-order valence-electron chi connectivity index (χ0n) is 15.3. The highest BCUT2D eigenvalue weighted by atomic mass is 16.5. The molecular weight excluding hydrogens is 298 g/mol. The number of methoxy groups -OCH3 is 2. The zero-order chi connectivity index (χ0) is 17.3. The summed E-state index contributed by atoms with van der Waals surface area (Å²) in [6.45, 7) is 7.65. The van der Waals surface area contributed by atoms with Crippen LogP contribution in [0.1, 0.15) is 49.1 Å². The van der Waals surface area contributed by atoms with Crippen molar-refractivity contribution in [1.82, 2.24) is 5.32 Å². The van der Waals surface area contributed by atoms with Crippen LogP contribution in [-0.4, -0.2) is 20.8 Å². The summed E-state index contributed by atoms with van der Waals surface area (Å²) in [7, 11) is 3.46. The minimum absolute atomic E-state index is 0.0404. The van der Waals surface area contributed by atoms with Gasteiger partial charge in [-0.2, -0.15) is 0 Å². The molecule has 24 heavy (non-hydrogen) atoms. The van der Waals surface area contributed by atoms with Gasteiger partial charge in [-0.15, -0.1) is 0 Å². The van der Waals surface area contributed by atoms with Crippen molar-refractivity contribution in [1.29, 1.82) is 0 Å². The van der Waals surface area contributed by atoms with Crippen LogP contribution in [0.15, 0.2) is 36.4 Å². The fourth-order valence-corrected chi connectivity index (χ4v) is 3.46. The summed E-state index contributed by atoms with van der Waals surface area (Å²) in [6, 6.07) is 13.2. The van der Waals surface area contributed by atoms with Crippen LogP contribution < -0.4 is 14.8 Å². The molecule has 1 atom stereocenters. The highest BCUT2D eigenvalue weighted by molar-refractivity contribution is 5.48. The van der Waals surface area contributed by atoms with Gasteiger partial charge in [-0.3, -0.25) is 0 Å². The summed E-state index contributed by atoms with van der Waals surface area (Å²) >= 11 is 0. The molecule has 1 unspecified atom stereocenters. The van der Waals surface area contributed by atoms with Gasteiger partial charge in [-0.1, -0.05) is 32.9 Å². The lowest BCUT2D eigenvalue weighted by Gasteiger charge is -2.30. The van der Waals surface area contributed by atoms with Crippen LogP contribution in [-0.2, 0) is 11.8 Å². The summed E-state index contributed by atoms with van der Waals surface area (Å²) in [5, 5.41) is 3.66. The number of hydrogen-bond acceptors (Lipinski definition) is 3. The van der Waals surface area contributed by atoms with E-state index >= 15 is 0 Å². The Hall–Kier alpha value is -2.00. The number of rotatable bonds is 3. The van der Waals surface area contributed by atoms with Gasteiger partial charge in [0.2, 0.25) is 0 Å². The van der Waals surface area contributed by atoms with Crippen molar-refractivity contribution in [3.63, 3.8) is 0 Å². The maximum Gasteiger partial charge on any atom is 0.122 e. The molecule has 0 fully saturated rings. The Labute approximate surface area is 145 Å². The molecule has 0 aromatic heterocycles. The fraction of sp³-hybridized carbons (Fsp3) is 0.429. The lowest BCUT2D eigenvalue weighted by molar-refractivity contribution is 0.397. The van der Waals surface area contributed by atoms with Crippen molar-refractivity contribution in [2.75, 3.05) is 20.8 Å². The van der Waals surface area contributed by atoms with Gasteiger partial charge in [-0.25, -0.2) is 0 Å². The van der Waals surface area contributed by atoms with Gasteiger partial charge in [0.15, 0.2) is 0 Å². The largest absolute Gasteiger partial charge is 0.497 e. The predicted octanol–water partition coefficient (Wildman–Crippen LogP) is 4.24. The van der Waals surface area contributed by atoms with E-state index in [1.54, 1.807) is 14.2 Å². The number of hydrogen-bond donors (Lipinski definition) is 1. The first-order valence-electron chi connectivity index (χ1n) is 8.52. The van der Waals surface area contributed by atoms with Crippen LogP contribution in [0.2, 0.25) is 0 Å². The summed E-state index contributed by atoms with van der Waals surface area (Å²) in [6.07, 6.45) is 1.03. The van der Waals surface area contributed by atoms with E-state index < -0.39 is 0 Å². The van der Waals surface area contributed by atoms with Crippen LogP contribution in [0, 0.1) is 0 Å². The van der Waals surface area contributed by atoms with E-state index in [1.807, 2.05) is 6.07 Å². The van der Waals surface area contributed by atoms with E-state index in [-0.39, 0.29) is 11.5 Å². The van der Waals surface area contributed by atoms with Crippen LogP contribution in [0.4, 0.5) is 0 Å². The molecule has 0 saturated carbocycles. The van der Waals surface area contributed by atoms with Crippen LogP contribution in [0.3, 0.4) is 0 Å². The second-order valence-corrected chi connectivity index (χ2v) is 7.41. The number of ether oxygens (including phenoxy) is 2. The molecule has 3 rings (SSSR count). The summed E-state index contributed by atoms with van der Waals surface area (Å²) in [4.78, 5) is 0. The lowest BCUT2D eigenvalue weighted by atomic mass is 9.82. The summed E-state index contributed by atoms with van der Waals surface area (Å²) in [5.41, 5.74) is 5.27. The summed E-state index contributed by atoms with van der Waals surface area (Å²) < 4.78 is 11.0. The van der Waals surface area contributed by atoms with Crippen molar-refractivity contribution in [2.24, 2.45) is 0 Å². The minimum atomic E-state index is 0.0404. The quantitative estimate of drug-likeness (QED) is 0.916. The normalized spacial score (nSPS) is 17.3. The molecule has 1 N–H and O–H groups in total. The van der Waals surface area contributed by atoms with Crippen molar-refractivity contribution in [3.8, 4) is 11.5 Å². The van der Waals surface area contributed by atoms with Gasteiger partial charge in [0, 0.05) is 6.54 Å². The Morgan fingerprint density at radius 3 is 2.46 bits per heavy atom. The minimum Gasteiger partial charge on any atom is -0.497 e. The Kier molecular flexibility index (Phi) is 4.55. The van der Waals surface area contributed by atoms with E-state index in [1.165, 1.54) is 22.3 Å². The third-order valence-corrected chi connectivity index (χ3v) is 4.77. The average molecular weight is 325 g/mol.